The smallest absolute Gasteiger partial charge is 0.328 e. The van der Waals surface area contributed by atoms with Gasteiger partial charge in [0.15, 0.2) is 0 Å². The summed E-state index contributed by atoms with van der Waals surface area (Å²) in [5.41, 5.74) is 1.09. The standard InChI is InChI=1S/C18H31NO4.C4H4O4.CH4/c1-14(2)19-11-17(20)13-23-18-7-5-16(6-8-18)12-21-9-10-22-15(3)4;5-3(6)1-2-4(7)8;/h5-8,14-15,17,19-20H,9-13H2,1-4H3;1-2H,(H,5,6)(H,7,8);1H4/b;2-1+;. The predicted octanol–water partition coefficient (Wildman–Crippen LogP) is 2.71. The Hall–Kier alpha value is -2.46. The number of hydrogen-bond acceptors (Lipinski definition) is 7. The van der Waals surface area contributed by atoms with E-state index >= 15 is 0 Å². The Morgan fingerprint density at radius 1 is 1.00 bits per heavy atom. The average molecular weight is 458 g/mol. The van der Waals surface area contributed by atoms with Crippen LogP contribution in [-0.2, 0) is 25.7 Å². The third-order valence-corrected chi connectivity index (χ3v) is 3.44. The Kier molecular flexibility index (Phi) is 19.1. The third kappa shape index (κ3) is 20.8. The van der Waals surface area contributed by atoms with E-state index in [2.05, 4.69) is 5.32 Å². The first-order chi connectivity index (χ1) is 14.6. The zero-order valence-corrected chi connectivity index (χ0v) is 18.6. The molecule has 0 aliphatic rings. The van der Waals surface area contributed by atoms with Crippen molar-refractivity contribution in [1.82, 2.24) is 5.32 Å². The van der Waals surface area contributed by atoms with E-state index in [1.165, 1.54) is 0 Å². The topological polar surface area (TPSA) is 135 Å². The minimum absolute atomic E-state index is 0. The van der Waals surface area contributed by atoms with Crippen molar-refractivity contribution in [3.63, 3.8) is 0 Å². The summed E-state index contributed by atoms with van der Waals surface area (Å²) in [5.74, 6) is -1.76. The van der Waals surface area contributed by atoms with Crippen LogP contribution < -0.4 is 10.1 Å². The molecule has 1 atom stereocenters. The zero-order valence-electron chi connectivity index (χ0n) is 18.6. The molecule has 9 heteroatoms. The number of aliphatic hydroxyl groups is 1. The first-order valence-electron chi connectivity index (χ1n) is 10.1. The van der Waals surface area contributed by atoms with Gasteiger partial charge in [-0.1, -0.05) is 33.4 Å². The molecule has 0 spiro atoms. The largest absolute Gasteiger partial charge is 0.491 e. The molecule has 0 aromatic heterocycles. The first-order valence-corrected chi connectivity index (χ1v) is 10.1. The normalized spacial score (nSPS) is 11.6. The maximum absolute atomic E-state index is 9.80. The summed E-state index contributed by atoms with van der Waals surface area (Å²) < 4.78 is 16.5. The van der Waals surface area contributed by atoms with Gasteiger partial charge in [0, 0.05) is 24.7 Å². The first kappa shape index (κ1) is 31.7. The monoisotopic (exact) mass is 457 g/mol. The number of nitrogens with one attached hydrogen (secondary N) is 1. The van der Waals surface area contributed by atoms with Crippen LogP contribution in [0.1, 0.15) is 40.7 Å². The van der Waals surface area contributed by atoms with Crippen LogP contribution in [0.25, 0.3) is 0 Å². The second kappa shape index (κ2) is 19.2. The molecule has 4 N–H and O–H groups in total. The maximum Gasteiger partial charge on any atom is 0.328 e. The number of carbonyl (C=O) groups is 2. The summed E-state index contributed by atoms with van der Waals surface area (Å²) in [4.78, 5) is 19.1. The summed E-state index contributed by atoms with van der Waals surface area (Å²) in [6.07, 6.45) is 0.840. The quantitative estimate of drug-likeness (QED) is 0.246. The van der Waals surface area contributed by atoms with E-state index < -0.39 is 18.0 Å². The number of ether oxygens (including phenoxy) is 3. The van der Waals surface area contributed by atoms with Gasteiger partial charge < -0.3 is 34.8 Å². The van der Waals surface area contributed by atoms with Crippen molar-refractivity contribution < 1.29 is 39.1 Å². The van der Waals surface area contributed by atoms with Gasteiger partial charge in [-0.15, -0.1) is 0 Å². The SMILES string of the molecule is C.CC(C)NCC(O)COc1ccc(COCCOC(C)C)cc1.O=C(O)/C=C/C(=O)O. The Balaban J connectivity index is 0. The van der Waals surface area contributed by atoms with E-state index in [-0.39, 0.29) is 20.1 Å². The van der Waals surface area contributed by atoms with Crippen molar-refractivity contribution >= 4 is 11.9 Å². The zero-order chi connectivity index (χ0) is 23.6. The van der Waals surface area contributed by atoms with Crippen molar-refractivity contribution in [2.24, 2.45) is 0 Å². The number of aliphatic carboxylic acids is 2. The van der Waals surface area contributed by atoms with Gasteiger partial charge in [-0.25, -0.2) is 9.59 Å². The van der Waals surface area contributed by atoms with E-state index in [9.17, 15) is 14.7 Å². The van der Waals surface area contributed by atoms with Gasteiger partial charge in [0.25, 0.3) is 0 Å². The molecule has 184 valence electrons. The minimum atomic E-state index is -1.26. The summed E-state index contributed by atoms with van der Waals surface area (Å²) >= 11 is 0. The molecule has 1 rings (SSSR count). The van der Waals surface area contributed by atoms with Crippen LogP contribution in [0.2, 0.25) is 0 Å². The van der Waals surface area contributed by atoms with Crippen molar-refractivity contribution in [1.29, 1.82) is 0 Å². The minimum Gasteiger partial charge on any atom is -0.491 e. The van der Waals surface area contributed by atoms with E-state index in [0.717, 1.165) is 11.3 Å². The van der Waals surface area contributed by atoms with Crippen LogP contribution in [0.3, 0.4) is 0 Å². The van der Waals surface area contributed by atoms with Crippen LogP contribution >= 0.6 is 0 Å². The Morgan fingerprint density at radius 2 is 1.56 bits per heavy atom. The molecule has 0 heterocycles. The highest BCUT2D eigenvalue weighted by molar-refractivity contribution is 5.89. The maximum atomic E-state index is 9.80. The Labute approximate surface area is 191 Å². The van der Waals surface area contributed by atoms with E-state index in [0.29, 0.717) is 44.6 Å². The van der Waals surface area contributed by atoms with Gasteiger partial charge in [0.1, 0.15) is 18.5 Å². The van der Waals surface area contributed by atoms with E-state index in [1.54, 1.807) is 0 Å². The molecular weight excluding hydrogens is 418 g/mol. The van der Waals surface area contributed by atoms with Gasteiger partial charge in [-0.3, -0.25) is 0 Å². The van der Waals surface area contributed by atoms with Gasteiger partial charge in [-0.2, -0.15) is 0 Å². The van der Waals surface area contributed by atoms with Crippen LogP contribution in [0.4, 0.5) is 0 Å². The van der Waals surface area contributed by atoms with Crippen molar-refractivity contribution in [2.45, 2.75) is 60.0 Å². The molecule has 32 heavy (non-hydrogen) atoms. The lowest BCUT2D eigenvalue weighted by Gasteiger charge is -2.15. The summed E-state index contributed by atoms with van der Waals surface area (Å²) in [6.45, 7) is 10.7. The highest BCUT2D eigenvalue weighted by atomic mass is 16.5. The lowest BCUT2D eigenvalue weighted by molar-refractivity contribution is -0.134. The molecule has 0 aliphatic heterocycles. The number of hydrogen-bond donors (Lipinski definition) is 4. The molecule has 0 saturated heterocycles. The summed E-state index contributed by atoms with van der Waals surface area (Å²) in [6, 6.07) is 8.09. The van der Waals surface area contributed by atoms with Crippen molar-refractivity contribution in [3.8, 4) is 5.75 Å². The molecule has 9 nitrogen and oxygen atoms in total. The molecule has 0 aliphatic carbocycles. The summed E-state index contributed by atoms with van der Waals surface area (Å²) in [7, 11) is 0. The van der Waals surface area contributed by atoms with E-state index in [1.807, 2.05) is 52.0 Å². The summed E-state index contributed by atoms with van der Waals surface area (Å²) in [5, 5.41) is 28.6. The van der Waals surface area contributed by atoms with E-state index in [4.69, 9.17) is 24.4 Å². The number of carboxylic acids is 2. The average Bonchev–Trinajstić information content (AvgIpc) is 2.70. The van der Waals surface area contributed by atoms with Crippen LogP contribution in [-0.4, -0.2) is 71.9 Å². The van der Waals surface area contributed by atoms with Crippen molar-refractivity contribution in [3.05, 3.63) is 42.0 Å². The van der Waals surface area contributed by atoms with Crippen LogP contribution in [0.15, 0.2) is 36.4 Å². The second-order valence-corrected chi connectivity index (χ2v) is 7.15. The molecule has 1 unspecified atom stereocenters. The molecule has 0 saturated carbocycles. The Bertz CT molecular complexity index is 628. The fraction of sp³-hybridized carbons (Fsp3) is 0.565. The molecule has 0 amide bonds. The molecular formula is C23H39NO8. The highest BCUT2D eigenvalue weighted by Crippen LogP contribution is 2.13. The van der Waals surface area contributed by atoms with Crippen LogP contribution in [0, 0.1) is 0 Å². The number of carboxylic acid groups (broad SMARTS) is 2. The molecule has 0 fully saturated rings. The molecule has 1 aromatic rings. The molecule has 0 bridgehead atoms. The predicted molar refractivity (Wildman–Crippen MR) is 123 cm³/mol. The van der Waals surface area contributed by atoms with Gasteiger partial charge in [0.05, 0.1) is 25.9 Å². The van der Waals surface area contributed by atoms with Gasteiger partial charge in [0.2, 0.25) is 0 Å². The lowest BCUT2D eigenvalue weighted by Crippen LogP contribution is -2.35. The fourth-order valence-corrected chi connectivity index (χ4v) is 1.98. The number of rotatable bonds is 14. The van der Waals surface area contributed by atoms with Gasteiger partial charge >= 0.3 is 11.9 Å². The molecule has 1 aromatic carbocycles. The van der Waals surface area contributed by atoms with Crippen LogP contribution in [0.5, 0.6) is 5.75 Å². The lowest BCUT2D eigenvalue weighted by atomic mass is 10.2. The number of benzene rings is 1. The third-order valence-electron chi connectivity index (χ3n) is 3.44. The Morgan fingerprint density at radius 3 is 2.03 bits per heavy atom. The van der Waals surface area contributed by atoms with Crippen molar-refractivity contribution in [2.75, 3.05) is 26.4 Å². The molecule has 0 radical (unpaired) electrons. The number of aliphatic hydroxyl groups excluding tert-OH is 1. The second-order valence-electron chi connectivity index (χ2n) is 7.15. The fourth-order valence-electron chi connectivity index (χ4n) is 1.98. The highest BCUT2D eigenvalue weighted by Gasteiger charge is 2.06. The van der Waals surface area contributed by atoms with Gasteiger partial charge in [-0.05, 0) is 31.5 Å².